The van der Waals surface area contributed by atoms with Gasteiger partial charge in [0.05, 0.1) is 11.1 Å². The molecule has 0 aromatic heterocycles. The molecule has 0 nitrogen and oxygen atoms in total. The highest BCUT2D eigenvalue weighted by atomic mass is 19.4. The molecule has 0 aliphatic carbocycles. The molecular weight excluding hydrogens is 392 g/mol. The molecule has 0 bridgehead atoms. The minimum Gasteiger partial charge on any atom is -0.206 e. The molecule has 3 aromatic carbocycles. The highest BCUT2D eigenvalue weighted by molar-refractivity contribution is 5.73. The monoisotopic (exact) mass is 402 g/mol. The number of hydrogen-bond donors (Lipinski definition) is 0. The minimum absolute atomic E-state index is 0.0359. The Bertz CT molecular complexity index is 937. The van der Waals surface area contributed by atoms with E-state index < -0.39 is 35.1 Å². The quantitative estimate of drug-likeness (QED) is 0.394. The van der Waals surface area contributed by atoms with E-state index in [1.165, 1.54) is 24.3 Å². The van der Waals surface area contributed by atoms with Gasteiger partial charge in [-0.2, -0.15) is 26.3 Å². The second-order valence-corrected chi connectivity index (χ2v) is 5.97. The van der Waals surface area contributed by atoms with Crippen LogP contribution in [0.15, 0.2) is 60.7 Å². The van der Waals surface area contributed by atoms with Crippen LogP contribution >= 0.6 is 0 Å². The van der Waals surface area contributed by atoms with Crippen molar-refractivity contribution in [3.8, 4) is 22.3 Å². The first-order valence-corrected chi connectivity index (χ1v) is 7.81. The first-order chi connectivity index (χ1) is 13.0. The van der Waals surface area contributed by atoms with E-state index in [1.54, 1.807) is 0 Å². The van der Waals surface area contributed by atoms with E-state index >= 15 is 0 Å². The van der Waals surface area contributed by atoms with Crippen LogP contribution in [0.1, 0.15) is 11.1 Å². The van der Waals surface area contributed by atoms with E-state index in [9.17, 15) is 35.1 Å². The molecule has 0 fully saturated rings. The number of alkyl halides is 6. The maximum Gasteiger partial charge on any atom is 0.419 e. The van der Waals surface area contributed by atoms with E-state index in [4.69, 9.17) is 0 Å². The summed E-state index contributed by atoms with van der Waals surface area (Å²) in [5, 5.41) is 0. The van der Waals surface area contributed by atoms with Gasteiger partial charge < -0.3 is 0 Å². The average molecular weight is 402 g/mol. The largest absolute Gasteiger partial charge is 0.419 e. The lowest BCUT2D eigenvalue weighted by Crippen LogP contribution is -2.08. The number of halogens is 8. The van der Waals surface area contributed by atoms with E-state index in [0.717, 1.165) is 12.1 Å². The fraction of sp³-hybridized carbons (Fsp3) is 0.100. The van der Waals surface area contributed by atoms with E-state index in [0.29, 0.717) is 24.3 Å². The lowest BCUT2D eigenvalue weighted by Gasteiger charge is -2.12. The van der Waals surface area contributed by atoms with Crippen molar-refractivity contribution in [2.45, 2.75) is 12.4 Å². The van der Waals surface area contributed by atoms with Gasteiger partial charge in [-0.05, 0) is 52.6 Å². The third-order valence-electron chi connectivity index (χ3n) is 4.07. The predicted molar refractivity (Wildman–Crippen MR) is 87.2 cm³/mol. The van der Waals surface area contributed by atoms with Gasteiger partial charge in [-0.3, -0.25) is 0 Å². The molecule has 146 valence electrons. The van der Waals surface area contributed by atoms with Gasteiger partial charge in [0.25, 0.3) is 0 Å². The molecule has 0 unspecified atom stereocenters. The minimum atomic E-state index is -4.89. The van der Waals surface area contributed by atoms with Crippen LogP contribution in [0.25, 0.3) is 22.3 Å². The van der Waals surface area contributed by atoms with E-state index in [2.05, 4.69) is 0 Å². The molecule has 0 atom stereocenters. The maximum atomic E-state index is 13.5. The summed E-state index contributed by atoms with van der Waals surface area (Å²) >= 11 is 0. The smallest absolute Gasteiger partial charge is 0.206 e. The molecule has 8 heteroatoms. The van der Waals surface area contributed by atoms with Crippen molar-refractivity contribution in [1.82, 2.24) is 0 Å². The van der Waals surface area contributed by atoms with Crippen LogP contribution in [0.4, 0.5) is 35.1 Å². The van der Waals surface area contributed by atoms with Gasteiger partial charge in [0, 0.05) is 0 Å². The Hall–Kier alpha value is -2.90. The van der Waals surface area contributed by atoms with Crippen molar-refractivity contribution in [3.05, 3.63) is 83.4 Å². The Kier molecular flexibility index (Phi) is 4.91. The molecule has 0 aliphatic heterocycles. The Morgan fingerprint density at radius 2 is 0.821 bits per heavy atom. The van der Waals surface area contributed by atoms with Crippen LogP contribution < -0.4 is 0 Å². The normalized spacial score (nSPS) is 12.3. The fourth-order valence-electron chi connectivity index (χ4n) is 2.72. The molecule has 28 heavy (non-hydrogen) atoms. The summed E-state index contributed by atoms with van der Waals surface area (Å²) in [6.45, 7) is 0. The average Bonchev–Trinajstić information content (AvgIpc) is 2.60. The molecule has 0 spiro atoms. The van der Waals surface area contributed by atoms with Crippen LogP contribution in [-0.4, -0.2) is 0 Å². The Morgan fingerprint density at radius 1 is 0.464 bits per heavy atom. The number of rotatable bonds is 2. The maximum absolute atomic E-state index is 13.5. The van der Waals surface area contributed by atoms with Crippen LogP contribution in [0, 0.1) is 11.6 Å². The second-order valence-electron chi connectivity index (χ2n) is 5.97. The van der Waals surface area contributed by atoms with Crippen molar-refractivity contribution in [1.29, 1.82) is 0 Å². The molecule has 0 N–H and O–H groups in total. The molecule has 0 saturated carbocycles. The van der Waals surface area contributed by atoms with Crippen molar-refractivity contribution in [2.24, 2.45) is 0 Å². The lowest BCUT2D eigenvalue weighted by molar-refractivity contribution is -0.140. The summed E-state index contributed by atoms with van der Waals surface area (Å²) in [7, 11) is 0. The van der Waals surface area contributed by atoms with E-state index in [1.807, 2.05) is 0 Å². The van der Waals surface area contributed by atoms with Crippen molar-refractivity contribution in [3.63, 3.8) is 0 Å². The second kappa shape index (κ2) is 6.92. The molecule has 0 aliphatic rings. The standard InChI is InChI=1S/C20H10F8/c21-17-6-4-13(9-15(17)19(23,24)25)11-2-1-3-12(8-11)14-5-7-18(22)16(10-14)20(26,27)28/h1-10H. The summed E-state index contributed by atoms with van der Waals surface area (Å²) < 4.78 is 104. The van der Waals surface area contributed by atoms with Crippen LogP contribution in [0.2, 0.25) is 0 Å². The summed E-state index contributed by atoms with van der Waals surface area (Å²) in [5.41, 5.74) is -2.35. The van der Waals surface area contributed by atoms with Gasteiger partial charge in [0.15, 0.2) is 0 Å². The molecule has 0 heterocycles. The molecular formula is C20H10F8. The number of hydrogen-bond acceptors (Lipinski definition) is 0. The van der Waals surface area contributed by atoms with Gasteiger partial charge in [-0.15, -0.1) is 0 Å². The zero-order valence-corrected chi connectivity index (χ0v) is 13.8. The predicted octanol–water partition coefficient (Wildman–Crippen LogP) is 7.34. The number of benzene rings is 3. The van der Waals surface area contributed by atoms with Crippen molar-refractivity contribution < 1.29 is 35.1 Å². The summed E-state index contributed by atoms with van der Waals surface area (Å²) in [6, 6.07) is 10.5. The molecule has 0 saturated heterocycles. The highest BCUT2D eigenvalue weighted by Gasteiger charge is 2.35. The summed E-state index contributed by atoms with van der Waals surface area (Å²) in [4.78, 5) is 0. The molecule has 0 amide bonds. The molecule has 3 rings (SSSR count). The summed E-state index contributed by atoms with van der Waals surface area (Å²) in [6.07, 6.45) is -9.79. The topological polar surface area (TPSA) is 0 Å². The molecule has 0 radical (unpaired) electrons. The van der Waals surface area contributed by atoms with Gasteiger partial charge in [0.2, 0.25) is 0 Å². The zero-order chi connectivity index (χ0) is 20.7. The Labute approximate surface area is 154 Å². The van der Waals surface area contributed by atoms with Gasteiger partial charge >= 0.3 is 12.4 Å². The third-order valence-corrected chi connectivity index (χ3v) is 4.07. The third kappa shape index (κ3) is 4.00. The van der Waals surface area contributed by atoms with E-state index in [-0.39, 0.29) is 22.3 Å². The van der Waals surface area contributed by atoms with Crippen LogP contribution in [0.3, 0.4) is 0 Å². The highest BCUT2D eigenvalue weighted by Crippen LogP contribution is 2.37. The molecule has 3 aromatic rings. The van der Waals surface area contributed by atoms with Gasteiger partial charge in [0.1, 0.15) is 11.6 Å². The first kappa shape index (κ1) is 19.9. The van der Waals surface area contributed by atoms with Crippen molar-refractivity contribution >= 4 is 0 Å². The van der Waals surface area contributed by atoms with Gasteiger partial charge in [-0.25, -0.2) is 8.78 Å². The summed E-state index contributed by atoms with van der Waals surface area (Å²) in [5.74, 6) is -2.86. The van der Waals surface area contributed by atoms with Gasteiger partial charge in [-0.1, -0.05) is 30.3 Å². The lowest BCUT2D eigenvalue weighted by atomic mass is 9.96. The first-order valence-electron chi connectivity index (χ1n) is 7.81. The van der Waals surface area contributed by atoms with Crippen molar-refractivity contribution in [2.75, 3.05) is 0 Å². The van der Waals surface area contributed by atoms with Crippen LogP contribution in [-0.2, 0) is 12.4 Å². The Morgan fingerprint density at radius 3 is 1.18 bits per heavy atom. The van der Waals surface area contributed by atoms with Crippen LogP contribution in [0.5, 0.6) is 0 Å². The Balaban J connectivity index is 2.08. The zero-order valence-electron chi connectivity index (χ0n) is 13.8. The SMILES string of the molecule is Fc1ccc(-c2cccc(-c3ccc(F)c(C(F)(F)F)c3)c2)cc1C(F)(F)F. The fourth-order valence-corrected chi connectivity index (χ4v) is 2.72.